The summed E-state index contributed by atoms with van der Waals surface area (Å²) in [6.45, 7) is 1.70. The Morgan fingerprint density at radius 3 is 2.67 bits per heavy atom. The van der Waals surface area contributed by atoms with Crippen LogP contribution in [0.5, 0.6) is 0 Å². The summed E-state index contributed by atoms with van der Waals surface area (Å²) < 4.78 is 5.27. The summed E-state index contributed by atoms with van der Waals surface area (Å²) in [5.74, 6) is 1.68. The summed E-state index contributed by atoms with van der Waals surface area (Å²) in [5, 5.41) is 0. The molecule has 2 aromatic rings. The molecule has 0 unspecified atom stereocenters. The van der Waals surface area contributed by atoms with Gasteiger partial charge in [0.2, 0.25) is 5.91 Å². The van der Waals surface area contributed by atoms with Crippen LogP contribution in [0.25, 0.3) is 0 Å². The number of aryl methyl sites for hydroxylation is 1. The van der Waals surface area contributed by atoms with E-state index in [1.807, 2.05) is 29.4 Å². The maximum Gasteiger partial charge on any atom is 0.223 e. The van der Waals surface area contributed by atoms with Crippen molar-refractivity contribution >= 4 is 5.91 Å². The number of carbonyl (C=O) groups excluding carboxylic acids is 1. The van der Waals surface area contributed by atoms with Gasteiger partial charge < -0.3 is 9.32 Å². The molecule has 3 heterocycles. The van der Waals surface area contributed by atoms with Gasteiger partial charge in [0.05, 0.1) is 6.26 Å². The van der Waals surface area contributed by atoms with Crippen molar-refractivity contribution in [2.75, 3.05) is 13.1 Å². The van der Waals surface area contributed by atoms with E-state index < -0.39 is 0 Å². The van der Waals surface area contributed by atoms with Crippen LogP contribution < -0.4 is 0 Å². The molecule has 4 heteroatoms. The Morgan fingerprint density at radius 2 is 2.00 bits per heavy atom. The molecule has 0 radical (unpaired) electrons. The van der Waals surface area contributed by atoms with Crippen molar-refractivity contribution in [3.8, 4) is 0 Å². The maximum absolute atomic E-state index is 12.2. The Morgan fingerprint density at radius 1 is 1.24 bits per heavy atom. The van der Waals surface area contributed by atoms with Crippen LogP contribution in [-0.2, 0) is 11.2 Å². The average molecular weight is 284 g/mol. The smallest absolute Gasteiger partial charge is 0.223 e. The van der Waals surface area contributed by atoms with Gasteiger partial charge in [-0.05, 0) is 48.6 Å². The van der Waals surface area contributed by atoms with Crippen molar-refractivity contribution in [3.63, 3.8) is 0 Å². The largest absolute Gasteiger partial charge is 0.469 e. The van der Waals surface area contributed by atoms with E-state index >= 15 is 0 Å². The van der Waals surface area contributed by atoms with Gasteiger partial charge >= 0.3 is 0 Å². The van der Waals surface area contributed by atoms with Gasteiger partial charge in [0, 0.05) is 38.3 Å². The molecule has 3 rings (SSSR count). The van der Waals surface area contributed by atoms with E-state index in [2.05, 4.69) is 17.1 Å². The van der Waals surface area contributed by atoms with E-state index in [4.69, 9.17) is 4.42 Å². The quantitative estimate of drug-likeness (QED) is 0.867. The highest BCUT2D eigenvalue weighted by Crippen LogP contribution is 2.27. The summed E-state index contributed by atoms with van der Waals surface area (Å²) in [6.07, 6.45) is 8.64. The van der Waals surface area contributed by atoms with Crippen molar-refractivity contribution in [1.82, 2.24) is 9.88 Å². The predicted molar refractivity (Wildman–Crippen MR) is 79.8 cm³/mol. The summed E-state index contributed by atoms with van der Waals surface area (Å²) in [4.78, 5) is 18.3. The van der Waals surface area contributed by atoms with Crippen molar-refractivity contribution in [2.45, 2.75) is 31.6 Å². The van der Waals surface area contributed by atoms with E-state index in [1.54, 1.807) is 6.26 Å². The fraction of sp³-hybridized carbons (Fsp3) is 0.412. The molecule has 0 N–H and O–H groups in total. The van der Waals surface area contributed by atoms with Crippen molar-refractivity contribution in [2.24, 2.45) is 0 Å². The zero-order valence-corrected chi connectivity index (χ0v) is 12.1. The highest BCUT2D eigenvalue weighted by atomic mass is 16.3. The summed E-state index contributed by atoms with van der Waals surface area (Å²) in [7, 11) is 0. The minimum Gasteiger partial charge on any atom is -0.469 e. The Balaban J connectivity index is 1.48. The van der Waals surface area contributed by atoms with E-state index in [-0.39, 0.29) is 5.91 Å². The highest BCUT2D eigenvalue weighted by Gasteiger charge is 2.23. The number of rotatable bonds is 4. The number of likely N-dealkylation sites (tertiary alicyclic amines) is 1. The second-order valence-corrected chi connectivity index (χ2v) is 5.51. The summed E-state index contributed by atoms with van der Waals surface area (Å²) in [5.41, 5.74) is 1.34. The van der Waals surface area contributed by atoms with Gasteiger partial charge in [-0.2, -0.15) is 0 Å². The Bertz CT molecular complexity index is 558. The third kappa shape index (κ3) is 3.51. The lowest BCUT2D eigenvalue weighted by Crippen LogP contribution is -2.38. The molecule has 0 saturated carbocycles. The molecule has 0 bridgehead atoms. The van der Waals surface area contributed by atoms with Crippen molar-refractivity contribution in [1.29, 1.82) is 0 Å². The second kappa shape index (κ2) is 6.57. The van der Waals surface area contributed by atoms with Gasteiger partial charge in [-0.3, -0.25) is 9.78 Å². The number of pyridine rings is 1. The fourth-order valence-corrected chi connectivity index (χ4v) is 2.94. The van der Waals surface area contributed by atoms with Gasteiger partial charge in [-0.15, -0.1) is 0 Å². The van der Waals surface area contributed by atoms with E-state index in [0.29, 0.717) is 18.8 Å². The first-order valence-electron chi connectivity index (χ1n) is 7.53. The zero-order valence-electron chi connectivity index (χ0n) is 12.1. The molecule has 0 aromatic carbocycles. The van der Waals surface area contributed by atoms with Crippen LogP contribution >= 0.6 is 0 Å². The number of piperidine rings is 1. The van der Waals surface area contributed by atoms with Crippen LogP contribution in [0.15, 0.2) is 47.3 Å². The zero-order chi connectivity index (χ0) is 14.5. The van der Waals surface area contributed by atoms with E-state index in [9.17, 15) is 4.79 Å². The van der Waals surface area contributed by atoms with Crippen LogP contribution in [0.1, 0.15) is 36.5 Å². The summed E-state index contributed by atoms with van der Waals surface area (Å²) in [6, 6.07) is 7.95. The molecule has 0 aliphatic carbocycles. The predicted octanol–water partition coefficient (Wildman–Crippen LogP) is 3.01. The third-order valence-electron chi connectivity index (χ3n) is 4.19. The second-order valence-electron chi connectivity index (χ2n) is 5.51. The van der Waals surface area contributed by atoms with Gasteiger partial charge in [0.25, 0.3) is 0 Å². The minimum atomic E-state index is 0.236. The maximum atomic E-state index is 12.2. The van der Waals surface area contributed by atoms with E-state index in [0.717, 1.165) is 31.7 Å². The lowest BCUT2D eigenvalue weighted by Gasteiger charge is -2.32. The standard InChI is InChI=1S/C17H20N2O2/c20-17(4-3-16-2-1-13-21-16)19-11-7-15(8-12-19)14-5-9-18-10-6-14/h1-2,5-6,9-10,13,15H,3-4,7-8,11-12H2. The molecule has 4 nitrogen and oxygen atoms in total. The van der Waals surface area contributed by atoms with Crippen LogP contribution in [-0.4, -0.2) is 28.9 Å². The molecule has 2 aromatic heterocycles. The molecule has 1 fully saturated rings. The molecule has 0 spiro atoms. The highest BCUT2D eigenvalue weighted by molar-refractivity contribution is 5.76. The van der Waals surface area contributed by atoms with Gasteiger partial charge in [0.1, 0.15) is 5.76 Å². The first kappa shape index (κ1) is 13.9. The number of amides is 1. The molecular formula is C17H20N2O2. The number of hydrogen-bond donors (Lipinski definition) is 0. The molecule has 110 valence electrons. The van der Waals surface area contributed by atoms with Crippen LogP contribution in [0, 0.1) is 0 Å². The molecule has 1 aliphatic heterocycles. The number of nitrogens with zero attached hydrogens (tertiary/aromatic N) is 2. The van der Waals surface area contributed by atoms with Crippen molar-refractivity contribution in [3.05, 3.63) is 54.2 Å². The van der Waals surface area contributed by atoms with Crippen LogP contribution in [0.4, 0.5) is 0 Å². The minimum absolute atomic E-state index is 0.236. The normalized spacial score (nSPS) is 16.1. The van der Waals surface area contributed by atoms with Gasteiger partial charge in [-0.25, -0.2) is 0 Å². The molecule has 0 atom stereocenters. The van der Waals surface area contributed by atoms with Gasteiger partial charge in [0.15, 0.2) is 0 Å². The lowest BCUT2D eigenvalue weighted by molar-refractivity contribution is -0.132. The fourth-order valence-electron chi connectivity index (χ4n) is 2.94. The average Bonchev–Trinajstić information content (AvgIpc) is 3.07. The number of hydrogen-bond acceptors (Lipinski definition) is 3. The monoisotopic (exact) mass is 284 g/mol. The van der Waals surface area contributed by atoms with Crippen molar-refractivity contribution < 1.29 is 9.21 Å². The third-order valence-corrected chi connectivity index (χ3v) is 4.19. The topological polar surface area (TPSA) is 46.3 Å². The first-order chi connectivity index (χ1) is 10.3. The SMILES string of the molecule is O=C(CCc1ccco1)N1CCC(c2ccncc2)CC1. The van der Waals surface area contributed by atoms with Crippen LogP contribution in [0.3, 0.4) is 0 Å². The molecule has 21 heavy (non-hydrogen) atoms. The number of furan rings is 1. The van der Waals surface area contributed by atoms with E-state index in [1.165, 1.54) is 5.56 Å². The number of carbonyl (C=O) groups is 1. The summed E-state index contributed by atoms with van der Waals surface area (Å²) >= 11 is 0. The Hall–Kier alpha value is -2.10. The van der Waals surface area contributed by atoms with Gasteiger partial charge in [-0.1, -0.05) is 0 Å². The molecule has 1 saturated heterocycles. The molecule has 1 aliphatic rings. The molecular weight excluding hydrogens is 264 g/mol. The first-order valence-corrected chi connectivity index (χ1v) is 7.53. The number of aromatic nitrogens is 1. The Kier molecular flexibility index (Phi) is 4.34. The lowest BCUT2D eigenvalue weighted by atomic mass is 9.90. The van der Waals surface area contributed by atoms with Crippen LogP contribution in [0.2, 0.25) is 0 Å². The molecule has 1 amide bonds. The Labute approximate surface area is 124 Å².